The molecule has 3 aromatic rings. The minimum absolute atomic E-state index is 0.0332. The van der Waals surface area contributed by atoms with Crippen molar-refractivity contribution in [3.63, 3.8) is 0 Å². The normalized spacial score (nSPS) is 18.3. The molecular formula is C31H34F3N7O2. The fourth-order valence-electron chi connectivity index (χ4n) is 5.83. The second-order valence-corrected chi connectivity index (χ2v) is 10.8. The number of likely N-dealkylation sites (N-methyl/N-ethyl adjacent to an activating group) is 1. The molecule has 0 bridgehead atoms. The molecule has 0 spiro atoms. The zero-order valence-corrected chi connectivity index (χ0v) is 24.1. The summed E-state index contributed by atoms with van der Waals surface area (Å²) in [6, 6.07) is 12.8. The van der Waals surface area contributed by atoms with Crippen molar-refractivity contribution >= 4 is 11.7 Å². The van der Waals surface area contributed by atoms with Gasteiger partial charge in [-0.3, -0.25) is 4.98 Å². The van der Waals surface area contributed by atoms with Crippen LogP contribution in [0.5, 0.6) is 5.88 Å². The molecule has 2 aliphatic heterocycles. The van der Waals surface area contributed by atoms with Crippen LogP contribution >= 0.6 is 0 Å². The number of likely N-dealkylation sites (tertiary alicyclic amines) is 1. The molecule has 9 nitrogen and oxygen atoms in total. The van der Waals surface area contributed by atoms with Gasteiger partial charge in [-0.15, -0.1) is 0 Å². The molecule has 2 aromatic heterocycles. The first-order valence-corrected chi connectivity index (χ1v) is 14.3. The van der Waals surface area contributed by atoms with E-state index in [1.807, 2.05) is 49.2 Å². The van der Waals surface area contributed by atoms with Gasteiger partial charge >= 0.3 is 12.2 Å². The molecular weight excluding hydrogens is 559 g/mol. The van der Waals surface area contributed by atoms with Crippen molar-refractivity contribution in [2.75, 3.05) is 44.7 Å². The van der Waals surface area contributed by atoms with Gasteiger partial charge in [0.2, 0.25) is 5.88 Å². The van der Waals surface area contributed by atoms with Crippen molar-refractivity contribution in [2.45, 2.75) is 43.9 Å². The molecule has 1 unspecified atom stereocenters. The smallest absolute Gasteiger partial charge is 0.416 e. The third-order valence-electron chi connectivity index (χ3n) is 8.28. The molecule has 0 radical (unpaired) electrons. The number of rotatable bonds is 7. The highest BCUT2D eigenvalue weighted by Crippen LogP contribution is 2.38. The molecule has 1 aromatic carbocycles. The maximum atomic E-state index is 13.5. The molecule has 2 saturated heterocycles. The van der Waals surface area contributed by atoms with Crippen molar-refractivity contribution in [1.82, 2.24) is 25.5 Å². The van der Waals surface area contributed by atoms with Crippen LogP contribution in [0.2, 0.25) is 0 Å². The Balaban J connectivity index is 1.43. The number of halogens is 3. The van der Waals surface area contributed by atoms with E-state index < -0.39 is 17.3 Å². The third kappa shape index (κ3) is 6.37. The van der Waals surface area contributed by atoms with Crippen molar-refractivity contribution in [2.24, 2.45) is 0 Å². The number of carbonyl (C=O) groups excluding carboxylic acids is 1. The summed E-state index contributed by atoms with van der Waals surface area (Å²) in [6.45, 7) is 4.41. The lowest BCUT2D eigenvalue weighted by Crippen LogP contribution is -2.56. The van der Waals surface area contributed by atoms with E-state index in [4.69, 9.17) is 9.72 Å². The van der Waals surface area contributed by atoms with Gasteiger partial charge in [0, 0.05) is 44.6 Å². The summed E-state index contributed by atoms with van der Waals surface area (Å²) in [5.41, 5.74) is 1.04. The van der Waals surface area contributed by atoms with Crippen LogP contribution in [0.1, 0.15) is 42.9 Å². The Bertz CT molecular complexity index is 1480. The van der Waals surface area contributed by atoms with E-state index in [-0.39, 0.29) is 17.6 Å². The number of pyridine rings is 2. The Morgan fingerprint density at radius 2 is 1.95 bits per heavy atom. The zero-order chi connectivity index (χ0) is 30.6. The molecule has 2 amide bonds. The number of alkyl halides is 3. The maximum Gasteiger partial charge on any atom is 0.416 e. The predicted molar refractivity (Wildman–Crippen MR) is 155 cm³/mol. The lowest BCUT2D eigenvalue weighted by Gasteiger charge is -2.44. The fraction of sp³-hybridized carbons (Fsp3) is 0.419. The Labute approximate surface area is 248 Å². The van der Waals surface area contributed by atoms with Gasteiger partial charge in [0.25, 0.3) is 0 Å². The molecule has 43 heavy (non-hydrogen) atoms. The number of nitriles is 1. The van der Waals surface area contributed by atoms with E-state index >= 15 is 0 Å². The van der Waals surface area contributed by atoms with Crippen molar-refractivity contribution in [1.29, 1.82) is 5.26 Å². The summed E-state index contributed by atoms with van der Waals surface area (Å²) in [4.78, 5) is 26.3. The Morgan fingerprint density at radius 3 is 2.58 bits per heavy atom. The average Bonchev–Trinajstić information content (AvgIpc) is 3.51. The number of benzene rings is 1. The van der Waals surface area contributed by atoms with Gasteiger partial charge in [-0.05, 0) is 75.2 Å². The van der Waals surface area contributed by atoms with Gasteiger partial charge in [-0.25, -0.2) is 9.78 Å². The van der Waals surface area contributed by atoms with Crippen LogP contribution in [0.3, 0.4) is 0 Å². The summed E-state index contributed by atoms with van der Waals surface area (Å²) in [7, 11) is 1.88. The SMILES string of the molecule is CCOc1ncccc1-c1ccc(C2(NC(=O)N3CCC(NC)C3)CCN(c3ccc(C(F)(F)F)cc3C#N)CC2)cn1. The minimum Gasteiger partial charge on any atom is -0.477 e. The van der Waals surface area contributed by atoms with Gasteiger partial charge < -0.3 is 25.2 Å². The van der Waals surface area contributed by atoms with Crippen molar-refractivity contribution in [3.8, 4) is 23.2 Å². The number of amides is 2. The quantitative estimate of drug-likeness (QED) is 0.400. The van der Waals surface area contributed by atoms with Crippen LogP contribution in [0, 0.1) is 11.3 Å². The molecule has 226 valence electrons. The van der Waals surface area contributed by atoms with Gasteiger partial charge in [0.05, 0.1) is 40.2 Å². The molecule has 2 fully saturated rings. The zero-order valence-electron chi connectivity index (χ0n) is 24.1. The number of hydrogen-bond acceptors (Lipinski definition) is 7. The van der Waals surface area contributed by atoms with Crippen LogP contribution in [0.15, 0.2) is 54.9 Å². The second kappa shape index (κ2) is 12.5. The Hall–Kier alpha value is -4.37. The van der Waals surface area contributed by atoms with E-state index in [0.717, 1.165) is 29.7 Å². The number of nitrogens with zero attached hydrogens (tertiary/aromatic N) is 5. The number of carbonyl (C=O) groups is 1. The van der Waals surface area contributed by atoms with Crippen LogP contribution in [-0.4, -0.2) is 66.8 Å². The molecule has 0 saturated carbocycles. The highest BCUT2D eigenvalue weighted by molar-refractivity contribution is 5.76. The maximum absolute atomic E-state index is 13.5. The molecule has 1 atom stereocenters. The highest BCUT2D eigenvalue weighted by atomic mass is 19.4. The summed E-state index contributed by atoms with van der Waals surface area (Å²) in [6.07, 6.45) is 0.669. The second-order valence-electron chi connectivity index (χ2n) is 10.8. The molecule has 4 heterocycles. The molecule has 2 N–H and O–H groups in total. The highest BCUT2D eigenvalue weighted by Gasteiger charge is 2.41. The van der Waals surface area contributed by atoms with E-state index in [9.17, 15) is 23.2 Å². The number of anilines is 1. The van der Waals surface area contributed by atoms with Gasteiger partial charge in [-0.2, -0.15) is 18.4 Å². The Kier molecular flexibility index (Phi) is 8.73. The van der Waals surface area contributed by atoms with Gasteiger partial charge in [0.15, 0.2) is 0 Å². The van der Waals surface area contributed by atoms with Crippen molar-refractivity contribution < 1.29 is 22.7 Å². The van der Waals surface area contributed by atoms with E-state index in [0.29, 0.717) is 62.9 Å². The molecule has 2 aliphatic rings. The first-order chi connectivity index (χ1) is 20.7. The average molecular weight is 594 g/mol. The monoisotopic (exact) mass is 593 g/mol. The fourth-order valence-corrected chi connectivity index (χ4v) is 5.83. The first kappa shape index (κ1) is 30.1. The molecule has 5 rings (SSSR count). The summed E-state index contributed by atoms with van der Waals surface area (Å²) < 4.78 is 45.5. The summed E-state index contributed by atoms with van der Waals surface area (Å²) in [5, 5.41) is 16.2. The number of urea groups is 1. The number of aromatic nitrogens is 2. The third-order valence-corrected chi connectivity index (χ3v) is 8.28. The lowest BCUT2D eigenvalue weighted by molar-refractivity contribution is -0.137. The van der Waals surface area contributed by atoms with E-state index in [1.165, 1.54) is 6.07 Å². The van der Waals surface area contributed by atoms with Crippen LogP contribution in [0.25, 0.3) is 11.3 Å². The van der Waals surface area contributed by atoms with E-state index in [2.05, 4.69) is 15.6 Å². The van der Waals surface area contributed by atoms with Crippen LogP contribution < -0.4 is 20.3 Å². The lowest BCUT2D eigenvalue weighted by atomic mass is 9.81. The number of nitrogens with one attached hydrogen (secondary N) is 2. The number of piperidine rings is 1. The topological polar surface area (TPSA) is 106 Å². The first-order valence-electron chi connectivity index (χ1n) is 14.3. The van der Waals surface area contributed by atoms with Crippen molar-refractivity contribution in [3.05, 3.63) is 71.5 Å². The standard InChI is InChI=1S/C31H34F3N7O2/c1-3-43-28-25(5-4-13-37-28)26-8-6-23(19-38-26)30(39-29(42)41-14-10-24(20-41)36-2)11-15-40(16-12-30)27-9-7-22(31(32,33)34)17-21(27)18-35/h4-9,13,17,19,24,36H,3,10-12,14-16,20H2,1-2H3,(H,39,42). The number of hydrogen-bond donors (Lipinski definition) is 2. The largest absolute Gasteiger partial charge is 0.477 e. The number of ether oxygens (including phenoxy) is 1. The van der Waals surface area contributed by atoms with Gasteiger partial charge in [-0.1, -0.05) is 6.07 Å². The van der Waals surface area contributed by atoms with Crippen LogP contribution in [0.4, 0.5) is 23.7 Å². The summed E-state index contributed by atoms with van der Waals surface area (Å²) in [5.74, 6) is 0.486. The molecule has 0 aliphatic carbocycles. The van der Waals surface area contributed by atoms with E-state index in [1.54, 1.807) is 17.3 Å². The van der Waals surface area contributed by atoms with Crippen LogP contribution in [-0.2, 0) is 11.7 Å². The van der Waals surface area contributed by atoms with Gasteiger partial charge in [0.1, 0.15) is 6.07 Å². The minimum atomic E-state index is -4.54. The predicted octanol–water partition coefficient (Wildman–Crippen LogP) is 4.93. The molecule has 12 heteroatoms. The summed E-state index contributed by atoms with van der Waals surface area (Å²) >= 11 is 0. The Morgan fingerprint density at radius 1 is 1.16 bits per heavy atom.